The van der Waals surface area contributed by atoms with E-state index in [1.54, 1.807) is 6.08 Å². The Hall–Kier alpha value is -0.790. The maximum absolute atomic E-state index is 10.9. The average Bonchev–Trinajstić information content (AvgIpc) is 2.67. The summed E-state index contributed by atoms with van der Waals surface area (Å²) in [6.45, 7) is 2.22. The molecule has 2 atom stereocenters. The van der Waals surface area contributed by atoms with Gasteiger partial charge in [-0.25, -0.2) is 0 Å². The van der Waals surface area contributed by atoms with E-state index in [1.807, 2.05) is 0 Å². The zero-order valence-electron chi connectivity index (χ0n) is 7.47. The Morgan fingerprint density at radius 1 is 1.58 bits per heavy atom. The predicted molar refractivity (Wildman–Crippen MR) is 47.6 cm³/mol. The summed E-state index contributed by atoms with van der Waals surface area (Å²) in [5, 5.41) is 3.42. The van der Waals surface area contributed by atoms with Crippen molar-refractivity contribution >= 4 is 5.78 Å². The molecule has 2 rings (SSSR count). The van der Waals surface area contributed by atoms with Crippen LogP contribution in [0.4, 0.5) is 0 Å². The van der Waals surface area contributed by atoms with Crippen LogP contribution in [0.2, 0.25) is 0 Å². The fourth-order valence-corrected chi connectivity index (χ4v) is 1.82. The van der Waals surface area contributed by atoms with Gasteiger partial charge >= 0.3 is 0 Å². The van der Waals surface area contributed by atoms with Crippen molar-refractivity contribution in [2.75, 3.05) is 0 Å². The van der Waals surface area contributed by atoms with Gasteiger partial charge in [0.05, 0.1) is 0 Å². The first-order valence-corrected chi connectivity index (χ1v) is 4.79. The summed E-state index contributed by atoms with van der Waals surface area (Å²) < 4.78 is 0. The van der Waals surface area contributed by atoms with E-state index in [4.69, 9.17) is 0 Å². The van der Waals surface area contributed by atoms with Crippen molar-refractivity contribution in [1.82, 2.24) is 5.32 Å². The molecule has 0 aliphatic heterocycles. The van der Waals surface area contributed by atoms with Gasteiger partial charge in [0.25, 0.3) is 0 Å². The van der Waals surface area contributed by atoms with Crippen molar-refractivity contribution in [3.8, 4) is 0 Å². The molecule has 2 unspecified atom stereocenters. The monoisotopic (exact) mass is 165 g/mol. The summed E-state index contributed by atoms with van der Waals surface area (Å²) in [5.74, 6) is 1.15. The number of allylic oxidation sites excluding steroid dienone is 2. The molecule has 12 heavy (non-hydrogen) atoms. The number of carbonyl (C=O) groups excluding carboxylic acids is 1. The van der Waals surface area contributed by atoms with Crippen molar-refractivity contribution in [2.45, 2.75) is 38.6 Å². The quantitative estimate of drug-likeness (QED) is 0.688. The highest BCUT2D eigenvalue weighted by atomic mass is 16.1. The van der Waals surface area contributed by atoms with Crippen molar-refractivity contribution in [1.29, 1.82) is 0 Å². The second-order valence-electron chi connectivity index (χ2n) is 3.79. The Kier molecular flexibility index (Phi) is 1.91. The average molecular weight is 165 g/mol. The van der Waals surface area contributed by atoms with Crippen LogP contribution in [0.1, 0.15) is 32.6 Å². The minimum Gasteiger partial charge on any atom is -0.385 e. The van der Waals surface area contributed by atoms with Crippen LogP contribution >= 0.6 is 0 Å². The largest absolute Gasteiger partial charge is 0.385 e. The fourth-order valence-electron chi connectivity index (χ4n) is 1.82. The highest BCUT2D eigenvalue weighted by Crippen LogP contribution is 2.34. The molecule has 0 bridgehead atoms. The smallest absolute Gasteiger partial charge is 0.157 e. The maximum Gasteiger partial charge on any atom is 0.157 e. The lowest BCUT2D eigenvalue weighted by Gasteiger charge is -2.04. The molecule has 2 heteroatoms. The van der Waals surface area contributed by atoms with Crippen LogP contribution in [0.25, 0.3) is 0 Å². The highest BCUT2D eigenvalue weighted by Gasteiger charge is 2.35. The van der Waals surface area contributed by atoms with Gasteiger partial charge in [0.2, 0.25) is 0 Å². The number of hydrogen-bond acceptors (Lipinski definition) is 2. The lowest BCUT2D eigenvalue weighted by atomic mass is 10.3. The van der Waals surface area contributed by atoms with Crippen molar-refractivity contribution in [3.05, 3.63) is 11.8 Å². The van der Waals surface area contributed by atoms with E-state index in [0.29, 0.717) is 12.5 Å². The van der Waals surface area contributed by atoms with Crippen molar-refractivity contribution in [3.63, 3.8) is 0 Å². The third-order valence-electron chi connectivity index (χ3n) is 2.79. The number of hydrogen-bond donors (Lipinski definition) is 1. The van der Waals surface area contributed by atoms with Crippen LogP contribution in [0, 0.1) is 5.92 Å². The number of nitrogens with one attached hydrogen (secondary N) is 1. The molecule has 0 aromatic heterocycles. The standard InChI is InChI=1S/C10H15NO/c1-2-7-5-10(7)11-8-3-4-9(12)6-8/h6-7,10-11H,2-5H2,1H3. The van der Waals surface area contributed by atoms with Gasteiger partial charge in [-0.2, -0.15) is 0 Å². The molecular weight excluding hydrogens is 150 g/mol. The molecule has 0 heterocycles. The van der Waals surface area contributed by atoms with Gasteiger partial charge in [0, 0.05) is 24.2 Å². The first-order valence-electron chi connectivity index (χ1n) is 4.79. The van der Waals surface area contributed by atoms with Gasteiger partial charge in [0.15, 0.2) is 5.78 Å². The SMILES string of the molecule is CCC1CC1NC1=CC(=O)CC1. The van der Waals surface area contributed by atoms with Crippen molar-refractivity contribution < 1.29 is 4.79 Å². The zero-order chi connectivity index (χ0) is 8.55. The molecule has 0 aromatic carbocycles. The fraction of sp³-hybridized carbons (Fsp3) is 0.700. The third-order valence-corrected chi connectivity index (χ3v) is 2.79. The van der Waals surface area contributed by atoms with Crippen LogP contribution in [0.3, 0.4) is 0 Å². The lowest BCUT2D eigenvalue weighted by molar-refractivity contribution is -0.114. The summed E-state index contributed by atoms with van der Waals surface area (Å²) >= 11 is 0. The summed E-state index contributed by atoms with van der Waals surface area (Å²) in [5.41, 5.74) is 1.17. The third kappa shape index (κ3) is 1.52. The van der Waals surface area contributed by atoms with Crippen LogP contribution in [0.5, 0.6) is 0 Å². The number of rotatable bonds is 3. The molecule has 1 saturated carbocycles. The Labute approximate surface area is 73.0 Å². The minimum atomic E-state index is 0.284. The van der Waals surface area contributed by atoms with Crippen LogP contribution in [-0.4, -0.2) is 11.8 Å². The second-order valence-corrected chi connectivity index (χ2v) is 3.79. The zero-order valence-corrected chi connectivity index (χ0v) is 7.47. The van der Waals surface area contributed by atoms with Gasteiger partial charge in [-0.3, -0.25) is 4.79 Å². The molecule has 0 radical (unpaired) electrons. The van der Waals surface area contributed by atoms with Gasteiger partial charge in [-0.15, -0.1) is 0 Å². The van der Waals surface area contributed by atoms with E-state index in [9.17, 15) is 4.79 Å². The van der Waals surface area contributed by atoms with Crippen molar-refractivity contribution in [2.24, 2.45) is 5.92 Å². The Morgan fingerprint density at radius 3 is 2.92 bits per heavy atom. The molecule has 2 aliphatic rings. The lowest BCUT2D eigenvalue weighted by Crippen LogP contribution is -2.16. The van der Waals surface area contributed by atoms with E-state index in [2.05, 4.69) is 12.2 Å². The summed E-state index contributed by atoms with van der Waals surface area (Å²) in [6.07, 6.45) is 5.98. The molecule has 2 aliphatic carbocycles. The van der Waals surface area contributed by atoms with Crippen LogP contribution in [-0.2, 0) is 4.79 Å². The summed E-state index contributed by atoms with van der Waals surface area (Å²) in [7, 11) is 0. The predicted octanol–water partition coefficient (Wildman–Crippen LogP) is 1.62. The topological polar surface area (TPSA) is 29.1 Å². The van der Waals surface area contributed by atoms with E-state index < -0.39 is 0 Å². The van der Waals surface area contributed by atoms with Gasteiger partial charge in [-0.05, 0) is 18.8 Å². The van der Waals surface area contributed by atoms with Crippen LogP contribution < -0.4 is 5.32 Å². The second kappa shape index (κ2) is 2.92. The molecule has 0 spiro atoms. The normalized spacial score (nSPS) is 33.4. The van der Waals surface area contributed by atoms with Gasteiger partial charge in [0.1, 0.15) is 0 Å². The van der Waals surface area contributed by atoms with E-state index in [0.717, 1.165) is 12.3 Å². The Morgan fingerprint density at radius 2 is 2.42 bits per heavy atom. The molecule has 66 valence electrons. The summed E-state index contributed by atoms with van der Waals surface area (Å²) in [6, 6.07) is 0.673. The Balaban J connectivity index is 1.81. The van der Waals surface area contributed by atoms with Crippen LogP contribution in [0.15, 0.2) is 11.8 Å². The van der Waals surface area contributed by atoms with E-state index >= 15 is 0 Å². The number of ketones is 1. The van der Waals surface area contributed by atoms with Gasteiger partial charge in [-0.1, -0.05) is 13.3 Å². The first kappa shape index (κ1) is 7.84. The molecule has 0 saturated heterocycles. The molecule has 1 fully saturated rings. The molecular formula is C10H15NO. The maximum atomic E-state index is 10.9. The molecule has 0 aromatic rings. The molecule has 2 nitrogen and oxygen atoms in total. The molecule has 0 amide bonds. The van der Waals surface area contributed by atoms with Gasteiger partial charge < -0.3 is 5.32 Å². The minimum absolute atomic E-state index is 0.284. The molecule has 1 N–H and O–H groups in total. The highest BCUT2D eigenvalue weighted by molar-refractivity contribution is 5.92. The Bertz CT molecular complexity index is 232. The first-order chi connectivity index (χ1) is 5.79. The number of carbonyl (C=O) groups is 1. The van der Waals surface area contributed by atoms with E-state index in [-0.39, 0.29) is 5.78 Å². The summed E-state index contributed by atoms with van der Waals surface area (Å²) in [4.78, 5) is 10.9. The van der Waals surface area contributed by atoms with E-state index in [1.165, 1.54) is 18.5 Å².